The summed E-state index contributed by atoms with van der Waals surface area (Å²) in [4.78, 5) is 4.93. The van der Waals surface area contributed by atoms with Crippen molar-refractivity contribution in [2.24, 2.45) is 0 Å². The Kier molecular flexibility index (Phi) is 8.34. The molecule has 0 saturated carbocycles. The highest BCUT2D eigenvalue weighted by Crippen LogP contribution is 2.43. The molecule has 340 valence electrons. The summed E-state index contributed by atoms with van der Waals surface area (Å²) in [5, 5.41) is 2.01. The number of nitrogens with zero attached hydrogens (tertiary/aromatic N) is 4. The van der Waals surface area contributed by atoms with Crippen LogP contribution in [0.2, 0.25) is 0 Å². The summed E-state index contributed by atoms with van der Waals surface area (Å²) in [6.45, 7) is 0. The van der Waals surface area contributed by atoms with Gasteiger partial charge in [-0.25, -0.2) is 4.98 Å². The van der Waals surface area contributed by atoms with Crippen molar-refractivity contribution in [1.82, 2.24) is 14.1 Å². The number of rotatable bonds is 11. The Morgan fingerprint density at radius 2 is 0.986 bits per heavy atom. The SMILES string of the molecule is [2H]c1c([2H])c([2H])c(-c2cccc(-c3c([2H])c([2H])c([2H])c([2H])c3[2H])c2-[n+]2cn(-c3cccc(Oc4ccc5c6ccccc6n(-c6cc(Oc7c(-c8ccccc8)cccc7-c7ccccc7)ccn6)c5c4)c3)c3ccccc32)c([2H])c1[2H]. The van der Waals surface area contributed by atoms with Crippen molar-refractivity contribution in [2.75, 3.05) is 0 Å². The minimum atomic E-state index is -0.567. The van der Waals surface area contributed by atoms with Gasteiger partial charge < -0.3 is 9.47 Å². The van der Waals surface area contributed by atoms with Gasteiger partial charge in [-0.3, -0.25) is 4.57 Å². The fourth-order valence-electron chi connectivity index (χ4n) is 9.61. The number of benzene rings is 10. The summed E-state index contributed by atoms with van der Waals surface area (Å²) in [5.41, 5.74) is 8.03. The molecule has 0 unspecified atom stereocenters. The predicted molar refractivity (Wildman–Crippen MR) is 292 cm³/mol. The van der Waals surface area contributed by atoms with Gasteiger partial charge in [0, 0.05) is 57.4 Å². The maximum absolute atomic E-state index is 9.07. The predicted octanol–water partition coefficient (Wildman–Crippen LogP) is 16.7. The van der Waals surface area contributed by atoms with Crippen molar-refractivity contribution >= 4 is 32.8 Å². The Labute approximate surface area is 431 Å². The van der Waals surface area contributed by atoms with Crippen molar-refractivity contribution in [3.05, 3.63) is 273 Å². The van der Waals surface area contributed by atoms with E-state index in [1.165, 1.54) is 0 Å². The summed E-state index contributed by atoms with van der Waals surface area (Å²) in [6, 6.07) is 59.1. The molecule has 3 heterocycles. The molecule has 6 heteroatoms. The van der Waals surface area contributed by atoms with Crippen LogP contribution in [0.4, 0.5) is 0 Å². The highest BCUT2D eigenvalue weighted by atomic mass is 16.5. The zero-order valence-corrected chi connectivity index (χ0v) is 38.3. The molecule has 13 rings (SSSR count). The normalized spacial score (nSPS) is 13.3. The molecule has 0 atom stereocenters. The van der Waals surface area contributed by atoms with Crippen molar-refractivity contribution in [2.45, 2.75) is 0 Å². The summed E-state index contributed by atoms with van der Waals surface area (Å²) in [5.74, 6) is 3.01. The van der Waals surface area contributed by atoms with Gasteiger partial charge in [0.2, 0.25) is 0 Å². The average Bonchev–Trinajstić information content (AvgIpc) is 3.90. The molecular formula is C66H45N4O2+. The second-order valence-electron chi connectivity index (χ2n) is 17.0. The molecule has 13 aromatic rings. The number of aromatic nitrogens is 4. The number of hydrogen-bond donors (Lipinski definition) is 0. The smallest absolute Gasteiger partial charge is 0.255 e. The van der Waals surface area contributed by atoms with E-state index in [1.54, 1.807) is 35.3 Å². The first-order valence-corrected chi connectivity index (χ1v) is 23.4. The monoisotopic (exact) mass is 935 g/mol. The van der Waals surface area contributed by atoms with Gasteiger partial charge in [0.05, 0.1) is 24.7 Å². The van der Waals surface area contributed by atoms with Gasteiger partial charge in [-0.2, -0.15) is 9.13 Å². The third-order valence-corrected chi connectivity index (χ3v) is 12.8. The second-order valence-corrected chi connectivity index (χ2v) is 17.0. The Morgan fingerprint density at radius 3 is 1.68 bits per heavy atom. The maximum atomic E-state index is 9.07. The molecule has 6 nitrogen and oxygen atoms in total. The molecule has 10 aromatic carbocycles. The lowest BCUT2D eigenvalue weighted by molar-refractivity contribution is -0.566. The van der Waals surface area contributed by atoms with Gasteiger partial charge in [0.1, 0.15) is 40.2 Å². The van der Waals surface area contributed by atoms with E-state index in [-0.39, 0.29) is 27.9 Å². The van der Waals surface area contributed by atoms with E-state index in [1.807, 2.05) is 138 Å². The zero-order valence-electron chi connectivity index (χ0n) is 48.3. The van der Waals surface area contributed by atoms with E-state index in [9.17, 15) is 0 Å². The van der Waals surface area contributed by atoms with Crippen molar-refractivity contribution < 1.29 is 27.7 Å². The lowest BCUT2D eigenvalue weighted by atomic mass is 9.95. The molecule has 0 aliphatic carbocycles. The molecule has 0 spiro atoms. The molecular weight excluding hydrogens is 881 g/mol. The number of hydrogen-bond acceptors (Lipinski definition) is 3. The van der Waals surface area contributed by atoms with Crippen LogP contribution in [0.1, 0.15) is 13.7 Å². The summed E-state index contributed by atoms with van der Waals surface area (Å²) in [7, 11) is 0. The minimum Gasteiger partial charge on any atom is -0.457 e. The number of para-hydroxylation sites is 5. The third kappa shape index (κ3) is 7.74. The van der Waals surface area contributed by atoms with Gasteiger partial charge in [-0.1, -0.05) is 194 Å². The molecule has 0 radical (unpaired) electrons. The van der Waals surface area contributed by atoms with E-state index in [2.05, 4.69) is 53.1 Å². The molecule has 0 fully saturated rings. The van der Waals surface area contributed by atoms with E-state index < -0.39 is 60.4 Å². The van der Waals surface area contributed by atoms with Gasteiger partial charge in [0.25, 0.3) is 6.33 Å². The summed E-state index contributed by atoms with van der Waals surface area (Å²) < 4.78 is 107. The maximum Gasteiger partial charge on any atom is 0.255 e. The molecule has 0 aliphatic rings. The number of ether oxygens (including phenoxy) is 2. The van der Waals surface area contributed by atoms with Gasteiger partial charge >= 0.3 is 0 Å². The minimum absolute atomic E-state index is 0.121. The van der Waals surface area contributed by atoms with E-state index in [0.29, 0.717) is 39.8 Å². The highest BCUT2D eigenvalue weighted by Gasteiger charge is 2.25. The Bertz CT molecular complexity index is 4520. The van der Waals surface area contributed by atoms with Crippen LogP contribution < -0.4 is 14.0 Å². The lowest BCUT2D eigenvalue weighted by Crippen LogP contribution is -2.30. The fraction of sp³-hybridized carbons (Fsp3) is 0. The van der Waals surface area contributed by atoms with Crippen LogP contribution >= 0.6 is 0 Å². The van der Waals surface area contributed by atoms with E-state index >= 15 is 0 Å². The molecule has 3 aromatic heterocycles. The highest BCUT2D eigenvalue weighted by molar-refractivity contribution is 6.09. The zero-order chi connectivity index (χ0) is 56.5. The van der Waals surface area contributed by atoms with Gasteiger partial charge in [0.15, 0.2) is 11.0 Å². The lowest BCUT2D eigenvalue weighted by Gasteiger charge is -2.17. The van der Waals surface area contributed by atoms with Crippen LogP contribution in [-0.4, -0.2) is 14.1 Å². The molecule has 0 saturated heterocycles. The summed E-state index contributed by atoms with van der Waals surface area (Å²) in [6.07, 6.45) is 3.53. The first-order valence-electron chi connectivity index (χ1n) is 28.4. The number of imidazole rings is 1. The van der Waals surface area contributed by atoms with Crippen molar-refractivity contribution in [3.63, 3.8) is 0 Å². The van der Waals surface area contributed by atoms with E-state index in [4.69, 9.17) is 28.2 Å². The largest absolute Gasteiger partial charge is 0.457 e. The first kappa shape index (κ1) is 32.9. The van der Waals surface area contributed by atoms with Crippen LogP contribution in [0.5, 0.6) is 23.0 Å². The van der Waals surface area contributed by atoms with Crippen LogP contribution in [0.25, 0.3) is 94.5 Å². The Hall–Kier alpha value is -9.78. The standard InChI is InChI=1S/C66H45N4O2/c1-5-20-46(21-6-1)54-31-18-32-55(47-22-7-2-8-23-47)65(54)69-45-68(61-36-15-16-37-62(61)69)50-28-17-29-51(42-50)71-52-38-39-59-58-30-13-14-35-60(58)70(63(59)43-52)64-44-53(40-41-67-64)72-66-56(48-24-9-3-10-25-48)33-19-34-57(66)49-26-11-4-12-27-49/h1-45H/q+1/i1D,2D,5D,6D,7D,8D,20D,21D,22D,23D. The van der Waals surface area contributed by atoms with Gasteiger partial charge in [-0.15, -0.1) is 0 Å². The first-order chi connectivity index (χ1) is 39.9. The number of pyridine rings is 1. The fourth-order valence-corrected chi connectivity index (χ4v) is 9.61. The number of fused-ring (bicyclic) bond motifs is 4. The molecule has 0 bridgehead atoms. The van der Waals surface area contributed by atoms with E-state index in [0.717, 1.165) is 49.8 Å². The Morgan fingerprint density at radius 1 is 0.417 bits per heavy atom. The topological polar surface area (TPSA) is 45.1 Å². The Balaban J connectivity index is 0.914. The van der Waals surface area contributed by atoms with Crippen molar-refractivity contribution in [3.8, 4) is 84.7 Å². The average molecular weight is 936 g/mol. The van der Waals surface area contributed by atoms with Crippen molar-refractivity contribution in [1.29, 1.82) is 0 Å². The van der Waals surface area contributed by atoms with Crippen LogP contribution in [0.3, 0.4) is 0 Å². The second kappa shape index (κ2) is 18.3. The molecule has 0 amide bonds. The summed E-state index contributed by atoms with van der Waals surface area (Å²) >= 11 is 0. The molecule has 0 N–H and O–H groups in total. The van der Waals surface area contributed by atoms with Crippen LogP contribution in [0.15, 0.2) is 273 Å². The molecule has 0 aliphatic heterocycles. The van der Waals surface area contributed by atoms with Crippen LogP contribution in [-0.2, 0) is 0 Å². The molecule has 72 heavy (non-hydrogen) atoms. The van der Waals surface area contributed by atoms with Gasteiger partial charge in [-0.05, 0) is 70.8 Å². The third-order valence-electron chi connectivity index (χ3n) is 12.8. The quantitative estimate of drug-likeness (QED) is 0.121. The van der Waals surface area contributed by atoms with Crippen LogP contribution in [0, 0.1) is 0 Å².